The van der Waals surface area contributed by atoms with Gasteiger partial charge < -0.3 is 28.7 Å². The van der Waals surface area contributed by atoms with Crippen molar-refractivity contribution in [2.45, 2.75) is 32.7 Å². The van der Waals surface area contributed by atoms with Crippen molar-refractivity contribution < 1.29 is 33.0 Å². The third kappa shape index (κ3) is 5.91. The minimum atomic E-state index is -0.401. The third-order valence-electron chi connectivity index (χ3n) is 4.21. The van der Waals surface area contributed by atoms with Crippen LogP contribution in [0, 0.1) is 0 Å². The number of nitrogens with one attached hydrogen (secondary N) is 1. The summed E-state index contributed by atoms with van der Waals surface area (Å²) in [4.78, 5) is 23.9. The average Bonchev–Trinajstić information content (AvgIpc) is 3.16. The maximum Gasteiger partial charge on any atom is 0.307 e. The fraction of sp³-hybridized carbons (Fsp3) is 0.429. The molecule has 8 nitrogen and oxygen atoms in total. The number of furan rings is 1. The molecule has 0 aliphatic rings. The number of hydrogen-bond acceptors (Lipinski definition) is 7. The zero-order valence-corrected chi connectivity index (χ0v) is 17.4. The molecule has 1 aromatic heterocycles. The topological polar surface area (TPSA) is 96.2 Å². The summed E-state index contributed by atoms with van der Waals surface area (Å²) in [5, 5.41) is 2.72. The Balaban J connectivity index is 2.10. The molecule has 158 valence electrons. The number of carbonyl (C=O) groups is 2. The van der Waals surface area contributed by atoms with E-state index in [9.17, 15) is 9.59 Å². The van der Waals surface area contributed by atoms with Gasteiger partial charge in [0, 0.05) is 30.2 Å². The van der Waals surface area contributed by atoms with Gasteiger partial charge in [-0.2, -0.15) is 0 Å². The molecule has 0 spiro atoms. The lowest BCUT2D eigenvalue weighted by atomic mass is 10.1. The van der Waals surface area contributed by atoms with E-state index >= 15 is 0 Å². The molecule has 0 aliphatic carbocycles. The molecule has 0 bridgehead atoms. The Bertz CT molecular complexity index is 818. The molecule has 0 saturated carbocycles. The largest absolute Gasteiger partial charge is 0.496 e. The highest BCUT2D eigenvalue weighted by molar-refractivity contribution is 5.92. The van der Waals surface area contributed by atoms with Crippen molar-refractivity contribution in [3.8, 4) is 17.2 Å². The second-order valence-electron chi connectivity index (χ2n) is 6.34. The van der Waals surface area contributed by atoms with E-state index in [0.29, 0.717) is 36.0 Å². The minimum absolute atomic E-state index is 0.0907. The van der Waals surface area contributed by atoms with Gasteiger partial charge in [-0.1, -0.05) is 0 Å². The van der Waals surface area contributed by atoms with Gasteiger partial charge in [-0.25, -0.2) is 0 Å². The van der Waals surface area contributed by atoms with Crippen LogP contribution in [-0.4, -0.2) is 45.9 Å². The average molecular weight is 405 g/mol. The highest BCUT2D eigenvalue weighted by atomic mass is 16.5. The normalized spacial score (nSPS) is 11.5. The number of amides is 1. The summed E-state index contributed by atoms with van der Waals surface area (Å²) in [5.74, 6) is 1.74. The number of benzene rings is 1. The van der Waals surface area contributed by atoms with E-state index in [-0.39, 0.29) is 24.2 Å². The monoisotopic (exact) mass is 405 g/mol. The van der Waals surface area contributed by atoms with Gasteiger partial charge in [0.15, 0.2) is 5.76 Å². The molecule has 0 aliphatic heterocycles. The van der Waals surface area contributed by atoms with Crippen LogP contribution in [0.15, 0.2) is 28.7 Å². The molecule has 8 heteroatoms. The Morgan fingerprint density at radius 1 is 1.07 bits per heavy atom. The summed E-state index contributed by atoms with van der Waals surface area (Å²) in [6, 6.07) is 6.44. The first-order valence-corrected chi connectivity index (χ1v) is 9.25. The van der Waals surface area contributed by atoms with Crippen LogP contribution in [-0.2, 0) is 16.0 Å². The quantitative estimate of drug-likeness (QED) is 0.607. The van der Waals surface area contributed by atoms with Crippen molar-refractivity contribution in [3.63, 3.8) is 0 Å². The molecule has 1 heterocycles. The van der Waals surface area contributed by atoms with E-state index in [2.05, 4.69) is 5.32 Å². The third-order valence-corrected chi connectivity index (χ3v) is 4.21. The smallest absolute Gasteiger partial charge is 0.307 e. The Morgan fingerprint density at radius 3 is 2.28 bits per heavy atom. The standard InChI is InChI=1S/C21H27NO7/c1-6-28-20(23)9-13(2)22-21(24)17-8-7-14(29-17)10-16-18(26-4)11-15(25-3)12-19(16)27-5/h7-8,11-13H,6,9-10H2,1-5H3,(H,22,24). The van der Waals surface area contributed by atoms with Crippen LogP contribution in [0.3, 0.4) is 0 Å². The molecule has 1 amide bonds. The van der Waals surface area contributed by atoms with Crippen molar-refractivity contribution in [2.75, 3.05) is 27.9 Å². The van der Waals surface area contributed by atoms with Crippen LogP contribution in [0.25, 0.3) is 0 Å². The first kappa shape index (κ1) is 22.1. The predicted octanol–water partition coefficient (Wildman–Crippen LogP) is 2.97. The summed E-state index contributed by atoms with van der Waals surface area (Å²) >= 11 is 0. The zero-order valence-electron chi connectivity index (χ0n) is 17.4. The van der Waals surface area contributed by atoms with Gasteiger partial charge in [0.2, 0.25) is 0 Å². The van der Waals surface area contributed by atoms with E-state index < -0.39 is 5.91 Å². The second kappa shape index (κ2) is 10.4. The van der Waals surface area contributed by atoms with Crippen molar-refractivity contribution in [1.29, 1.82) is 0 Å². The van der Waals surface area contributed by atoms with Gasteiger partial charge in [-0.15, -0.1) is 0 Å². The Hall–Kier alpha value is -3.16. The van der Waals surface area contributed by atoms with E-state index in [1.165, 1.54) is 0 Å². The van der Waals surface area contributed by atoms with E-state index in [0.717, 1.165) is 5.56 Å². The van der Waals surface area contributed by atoms with Gasteiger partial charge in [0.05, 0.1) is 34.4 Å². The SMILES string of the molecule is CCOC(=O)CC(C)NC(=O)c1ccc(Cc2c(OC)cc(OC)cc2OC)o1. The first-order chi connectivity index (χ1) is 13.9. The summed E-state index contributed by atoms with van der Waals surface area (Å²) < 4.78 is 26.7. The molecule has 29 heavy (non-hydrogen) atoms. The highest BCUT2D eigenvalue weighted by Gasteiger charge is 2.19. The van der Waals surface area contributed by atoms with E-state index in [1.807, 2.05) is 0 Å². The van der Waals surface area contributed by atoms with Crippen LogP contribution in [0.4, 0.5) is 0 Å². The number of ether oxygens (including phenoxy) is 4. The molecule has 2 aromatic rings. The fourth-order valence-corrected chi connectivity index (χ4v) is 2.84. The zero-order chi connectivity index (χ0) is 21.4. The van der Waals surface area contributed by atoms with Gasteiger partial charge in [-0.3, -0.25) is 9.59 Å². The maximum atomic E-state index is 12.4. The van der Waals surface area contributed by atoms with Crippen LogP contribution >= 0.6 is 0 Å². The van der Waals surface area contributed by atoms with Crippen molar-refractivity contribution in [1.82, 2.24) is 5.32 Å². The van der Waals surface area contributed by atoms with Crippen molar-refractivity contribution in [3.05, 3.63) is 41.3 Å². The highest BCUT2D eigenvalue weighted by Crippen LogP contribution is 2.35. The Kier molecular flexibility index (Phi) is 7.94. The first-order valence-electron chi connectivity index (χ1n) is 9.25. The molecule has 2 rings (SSSR count). The molecular weight excluding hydrogens is 378 g/mol. The Morgan fingerprint density at radius 2 is 1.72 bits per heavy atom. The molecule has 1 atom stereocenters. The molecule has 1 N–H and O–H groups in total. The van der Waals surface area contributed by atoms with Crippen molar-refractivity contribution in [2.24, 2.45) is 0 Å². The molecular formula is C21H27NO7. The Labute approximate surface area is 170 Å². The van der Waals surface area contributed by atoms with E-state index in [4.69, 9.17) is 23.4 Å². The number of carbonyl (C=O) groups excluding carboxylic acids is 2. The molecule has 0 radical (unpaired) electrons. The van der Waals surface area contributed by atoms with Crippen LogP contribution in [0.5, 0.6) is 17.2 Å². The van der Waals surface area contributed by atoms with Crippen LogP contribution < -0.4 is 19.5 Å². The van der Waals surface area contributed by atoms with Crippen molar-refractivity contribution >= 4 is 11.9 Å². The molecule has 1 aromatic carbocycles. The number of rotatable bonds is 10. The molecule has 1 unspecified atom stereocenters. The summed E-state index contributed by atoms with van der Waals surface area (Å²) in [6.45, 7) is 3.77. The fourth-order valence-electron chi connectivity index (χ4n) is 2.84. The van der Waals surface area contributed by atoms with Crippen LogP contribution in [0.1, 0.15) is 42.1 Å². The van der Waals surface area contributed by atoms with Gasteiger partial charge in [-0.05, 0) is 26.0 Å². The second-order valence-corrected chi connectivity index (χ2v) is 6.34. The number of hydrogen-bond donors (Lipinski definition) is 1. The van der Waals surface area contributed by atoms with Gasteiger partial charge in [0.1, 0.15) is 23.0 Å². The summed E-state index contributed by atoms with van der Waals surface area (Å²) in [7, 11) is 4.68. The maximum absolute atomic E-state index is 12.4. The molecule has 0 saturated heterocycles. The lowest BCUT2D eigenvalue weighted by Crippen LogP contribution is -2.34. The predicted molar refractivity (Wildman–Crippen MR) is 106 cm³/mol. The number of esters is 1. The van der Waals surface area contributed by atoms with Gasteiger partial charge >= 0.3 is 5.97 Å². The lowest BCUT2D eigenvalue weighted by molar-refractivity contribution is -0.143. The summed E-state index contributed by atoms with van der Waals surface area (Å²) in [5.41, 5.74) is 0.771. The summed E-state index contributed by atoms with van der Waals surface area (Å²) in [6.07, 6.45) is 0.454. The number of methoxy groups -OCH3 is 3. The molecule has 0 fully saturated rings. The van der Waals surface area contributed by atoms with Gasteiger partial charge in [0.25, 0.3) is 5.91 Å². The minimum Gasteiger partial charge on any atom is -0.496 e. The van der Waals surface area contributed by atoms with E-state index in [1.54, 1.807) is 59.4 Å². The van der Waals surface area contributed by atoms with Crippen LogP contribution in [0.2, 0.25) is 0 Å². The lowest BCUT2D eigenvalue weighted by Gasteiger charge is -2.14.